The molecule has 0 aliphatic heterocycles. The van der Waals surface area contributed by atoms with Crippen molar-refractivity contribution in [1.82, 2.24) is 0 Å². The van der Waals surface area contributed by atoms with Crippen molar-refractivity contribution in [1.29, 1.82) is 5.26 Å². The van der Waals surface area contributed by atoms with Gasteiger partial charge in [0.2, 0.25) is 0 Å². The van der Waals surface area contributed by atoms with Crippen LogP contribution in [-0.2, 0) is 16.0 Å². The molecule has 1 rings (SSSR count). The zero-order valence-corrected chi connectivity index (χ0v) is 10.7. The molecule has 0 spiro atoms. The minimum absolute atomic E-state index is 0.0345. The maximum Gasteiger partial charge on any atom is 0.302 e. The molecule has 18 heavy (non-hydrogen) atoms. The van der Waals surface area contributed by atoms with Gasteiger partial charge in [-0.25, -0.2) is 0 Å². The molecule has 4 nitrogen and oxygen atoms in total. The van der Waals surface area contributed by atoms with E-state index in [0.29, 0.717) is 12.8 Å². The summed E-state index contributed by atoms with van der Waals surface area (Å²) in [5.74, 6) is 0.524. The highest BCUT2D eigenvalue weighted by Crippen LogP contribution is 2.16. The van der Waals surface area contributed by atoms with E-state index in [1.807, 2.05) is 24.3 Å². The number of esters is 1. The van der Waals surface area contributed by atoms with Crippen LogP contribution in [0.5, 0.6) is 5.75 Å². The molecule has 0 N–H and O–H groups in total. The minimum atomic E-state index is -0.312. The Morgan fingerprint density at radius 2 is 2.06 bits per heavy atom. The SMILES string of the molecule is COc1ccc(C[C@H](CC#N)COC(C)=O)cc1. The number of carbonyl (C=O) groups excluding carboxylic acids is 1. The van der Waals surface area contributed by atoms with E-state index < -0.39 is 0 Å². The van der Waals surface area contributed by atoms with Crippen LogP contribution in [0.1, 0.15) is 18.9 Å². The Labute approximate surface area is 107 Å². The molecule has 0 unspecified atom stereocenters. The third-order valence-electron chi connectivity index (χ3n) is 2.59. The highest BCUT2D eigenvalue weighted by atomic mass is 16.5. The van der Waals surface area contributed by atoms with Crippen LogP contribution in [0, 0.1) is 17.2 Å². The Balaban J connectivity index is 2.58. The molecule has 96 valence electrons. The van der Waals surface area contributed by atoms with E-state index in [4.69, 9.17) is 14.7 Å². The lowest BCUT2D eigenvalue weighted by molar-refractivity contribution is -0.142. The number of methoxy groups -OCH3 is 1. The van der Waals surface area contributed by atoms with E-state index in [1.165, 1.54) is 6.92 Å². The molecule has 0 amide bonds. The van der Waals surface area contributed by atoms with Gasteiger partial charge >= 0.3 is 5.97 Å². The molecule has 0 saturated carbocycles. The fraction of sp³-hybridized carbons (Fsp3) is 0.429. The number of nitriles is 1. The summed E-state index contributed by atoms with van der Waals surface area (Å²) in [6.07, 6.45) is 1.09. The summed E-state index contributed by atoms with van der Waals surface area (Å²) in [4.78, 5) is 10.8. The number of ether oxygens (including phenoxy) is 2. The van der Waals surface area contributed by atoms with E-state index in [2.05, 4.69) is 6.07 Å². The van der Waals surface area contributed by atoms with Crippen LogP contribution >= 0.6 is 0 Å². The van der Waals surface area contributed by atoms with Gasteiger partial charge in [-0.2, -0.15) is 5.26 Å². The molecule has 0 saturated heterocycles. The fourth-order valence-electron chi connectivity index (χ4n) is 1.65. The fourth-order valence-corrected chi connectivity index (χ4v) is 1.65. The van der Waals surface area contributed by atoms with Gasteiger partial charge in [-0.05, 0) is 24.1 Å². The van der Waals surface area contributed by atoms with Crippen LogP contribution in [0.4, 0.5) is 0 Å². The van der Waals surface area contributed by atoms with Crippen molar-refractivity contribution in [3.05, 3.63) is 29.8 Å². The average molecular weight is 247 g/mol. The molecule has 0 aliphatic carbocycles. The van der Waals surface area contributed by atoms with E-state index in [9.17, 15) is 4.79 Å². The zero-order valence-electron chi connectivity index (χ0n) is 10.7. The summed E-state index contributed by atoms with van der Waals surface area (Å²) in [6, 6.07) is 9.79. The first-order valence-electron chi connectivity index (χ1n) is 5.79. The van der Waals surface area contributed by atoms with Crippen molar-refractivity contribution in [2.75, 3.05) is 13.7 Å². The van der Waals surface area contributed by atoms with Crippen molar-refractivity contribution in [2.45, 2.75) is 19.8 Å². The van der Waals surface area contributed by atoms with Crippen LogP contribution in [0.15, 0.2) is 24.3 Å². The first-order valence-corrected chi connectivity index (χ1v) is 5.79. The van der Waals surface area contributed by atoms with Crippen LogP contribution in [0.25, 0.3) is 0 Å². The molecule has 0 aliphatic rings. The molecule has 0 radical (unpaired) electrons. The number of benzene rings is 1. The van der Waals surface area contributed by atoms with Gasteiger partial charge < -0.3 is 9.47 Å². The maximum absolute atomic E-state index is 10.8. The molecule has 4 heteroatoms. The van der Waals surface area contributed by atoms with Crippen LogP contribution < -0.4 is 4.74 Å². The first kappa shape index (κ1) is 14.0. The molecule has 1 atom stereocenters. The smallest absolute Gasteiger partial charge is 0.302 e. The molecular formula is C14H17NO3. The Hall–Kier alpha value is -2.02. The lowest BCUT2D eigenvalue weighted by Crippen LogP contribution is -2.14. The van der Waals surface area contributed by atoms with Crippen LogP contribution in [-0.4, -0.2) is 19.7 Å². The van der Waals surface area contributed by atoms with Crippen molar-refractivity contribution < 1.29 is 14.3 Å². The van der Waals surface area contributed by atoms with Gasteiger partial charge in [-0.1, -0.05) is 12.1 Å². The standard InChI is InChI=1S/C14H17NO3/c1-11(16)18-10-13(7-8-15)9-12-3-5-14(17-2)6-4-12/h3-6,13H,7,9-10H2,1-2H3/t13-/m0/s1. The monoisotopic (exact) mass is 247 g/mol. The summed E-state index contributed by atoms with van der Waals surface area (Å²) in [5, 5.41) is 8.75. The third kappa shape index (κ3) is 4.88. The second-order valence-corrected chi connectivity index (χ2v) is 4.08. The average Bonchev–Trinajstić information content (AvgIpc) is 2.37. The predicted molar refractivity (Wildman–Crippen MR) is 67.1 cm³/mol. The summed E-state index contributed by atoms with van der Waals surface area (Å²) in [6.45, 7) is 1.66. The maximum atomic E-state index is 10.8. The quantitative estimate of drug-likeness (QED) is 0.724. The van der Waals surface area contributed by atoms with Gasteiger partial charge in [0.05, 0.1) is 19.8 Å². The summed E-state index contributed by atoms with van der Waals surface area (Å²) >= 11 is 0. The number of nitrogens with zero attached hydrogens (tertiary/aromatic N) is 1. The number of hydrogen-bond acceptors (Lipinski definition) is 4. The van der Waals surface area contributed by atoms with E-state index in [1.54, 1.807) is 7.11 Å². The highest BCUT2D eigenvalue weighted by Gasteiger charge is 2.11. The second-order valence-electron chi connectivity index (χ2n) is 4.08. The van der Waals surface area contributed by atoms with Gasteiger partial charge in [-0.15, -0.1) is 0 Å². The zero-order chi connectivity index (χ0) is 13.4. The lowest BCUT2D eigenvalue weighted by Gasteiger charge is -2.13. The third-order valence-corrected chi connectivity index (χ3v) is 2.59. The molecule has 1 aromatic carbocycles. The van der Waals surface area contributed by atoms with E-state index in [0.717, 1.165) is 11.3 Å². The Kier molecular flexibility index (Phi) is 5.72. The number of hydrogen-bond donors (Lipinski definition) is 0. The molecule has 0 heterocycles. The van der Waals surface area contributed by atoms with Crippen LogP contribution in [0.3, 0.4) is 0 Å². The van der Waals surface area contributed by atoms with Crippen molar-refractivity contribution in [2.24, 2.45) is 5.92 Å². The Morgan fingerprint density at radius 1 is 1.39 bits per heavy atom. The molecule has 0 bridgehead atoms. The van der Waals surface area contributed by atoms with Crippen molar-refractivity contribution in [3.8, 4) is 11.8 Å². The summed E-state index contributed by atoms with van der Waals surface area (Å²) in [5.41, 5.74) is 1.10. The van der Waals surface area contributed by atoms with Gasteiger partial charge in [0, 0.05) is 19.3 Å². The predicted octanol–water partition coefficient (Wildman–Crippen LogP) is 2.33. The largest absolute Gasteiger partial charge is 0.497 e. The first-order chi connectivity index (χ1) is 8.65. The topological polar surface area (TPSA) is 59.3 Å². The molecule has 1 aromatic rings. The van der Waals surface area contributed by atoms with Crippen LogP contribution in [0.2, 0.25) is 0 Å². The summed E-state index contributed by atoms with van der Waals surface area (Å²) in [7, 11) is 1.62. The summed E-state index contributed by atoms with van der Waals surface area (Å²) < 4.78 is 10.0. The lowest BCUT2D eigenvalue weighted by atomic mass is 9.97. The normalized spacial score (nSPS) is 11.4. The van der Waals surface area contributed by atoms with Gasteiger partial charge in [-0.3, -0.25) is 4.79 Å². The minimum Gasteiger partial charge on any atom is -0.497 e. The highest BCUT2D eigenvalue weighted by molar-refractivity contribution is 5.65. The van der Waals surface area contributed by atoms with Gasteiger partial charge in [0.25, 0.3) is 0 Å². The molecular weight excluding hydrogens is 230 g/mol. The molecule has 0 aromatic heterocycles. The number of carbonyl (C=O) groups is 1. The molecule has 0 fully saturated rings. The Bertz CT molecular complexity index is 420. The Morgan fingerprint density at radius 3 is 2.56 bits per heavy atom. The van der Waals surface area contributed by atoms with Crippen molar-refractivity contribution in [3.63, 3.8) is 0 Å². The van der Waals surface area contributed by atoms with Crippen molar-refractivity contribution >= 4 is 5.97 Å². The number of rotatable bonds is 6. The van der Waals surface area contributed by atoms with Gasteiger partial charge in [0.15, 0.2) is 0 Å². The van der Waals surface area contributed by atoms with E-state index in [-0.39, 0.29) is 18.5 Å². The second kappa shape index (κ2) is 7.33. The van der Waals surface area contributed by atoms with E-state index >= 15 is 0 Å². The van der Waals surface area contributed by atoms with Gasteiger partial charge in [0.1, 0.15) is 5.75 Å².